The number of ether oxygens (including phenoxy) is 2. The number of rotatable bonds is 5. The zero-order chi connectivity index (χ0) is 25.6. The van der Waals surface area contributed by atoms with E-state index in [4.69, 9.17) is 9.47 Å². The van der Waals surface area contributed by atoms with Crippen LogP contribution < -0.4 is 19.9 Å². The lowest BCUT2D eigenvalue weighted by Crippen LogP contribution is -2.29. The molecule has 1 N–H and O–H groups in total. The fourth-order valence-corrected chi connectivity index (χ4v) is 5.02. The van der Waals surface area contributed by atoms with E-state index in [0.29, 0.717) is 72.8 Å². The summed E-state index contributed by atoms with van der Waals surface area (Å²) in [5.74, 6) is 1.00. The second-order valence-corrected chi connectivity index (χ2v) is 9.07. The van der Waals surface area contributed by atoms with Gasteiger partial charge in [0, 0.05) is 36.0 Å². The van der Waals surface area contributed by atoms with Crippen LogP contribution in [0, 0.1) is 0 Å². The molecule has 36 heavy (non-hydrogen) atoms. The van der Waals surface area contributed by atoms with Gasteiger partial charge in [-0.05, 0) is 61.6 Å². The van der Waals surface area contributed by atoms with E-state index in [0.717, 1.165) is 16.3 Å². The van der Waals surface area contributed by atoms with Crippen molar-refractivity contribution >= 4 is 5.69 Å². The molecule has 1 aliphatic heterocycles. The Balaban J connectivity index is 1.75. The molecular weight excluding hydrogens is 475 g/mol. The number of aromatic nitrogens is 2. The summed E-state index contributed by atoms with van der Waals surface area (Å²) in [6, 6.07) is 8.83. The number of anilines is 1. The van der Waals surface area contributed by atoms with Gasteiger partial charge < -0.3 is 19.5 Å². The van der Waals surface area contributed by atoms with Gasteiger partial charge >= 0.3 is 6.18 Å². The zero-order valence-corrected chi connectivity index (χ0v) is 19.9. The molecule has 0 bridgehead atoms. The van der Waals surface area contributed by atoms with Gasteiger partial charge in [0.2, 0.25) is 0 Å². The molecule has 1 fully saturated rings. The third kappa shape index (κ3) is 4.30. The Hall–Kier alpha value is -3.53. The summed E-state index contributed by atoms with van der Waals surface area (Å²) >= 11 is 0. The Bertz CT molecular complexity index is 1350. The van der Waals surface area contributed by atoms with Gasteiger partial charge in [-0.2, -0.15) is 23.0 Å². The number of hydrogen-bond donors (Lipinski definition) is 1. The third-order valence-corrected chi connectivity index (χ3v) is 6.82. The van der Waals surface area contributed by atoms with Crippen LogP contribution in [-0.2, 0) is 19.0 Å². The number of β-amino-alcohol motifs (C(OH)–C–C–N with tert-alkyl or cyclic N) is 1. The fraction of sp³-hybridized carbons (Fsp3) is 0.385. The van der Waals surface area contributed by atoms with E-state index < -0.39 is 23.4 Å². The maximum absolute atomic E-state index is 14.1. The first-order valence-corrected chi connectivity index (χ1v) is 11.7. The maximum atomic E-state index is 14.1. The first-order chi connectivity index (χ1) is 17.2. The topological polar surface area (TPSA) is 76.8 Å². The molecule has 190 valence electrons. The van der Waals surface area contributed by atoms with Crippen molar-refractivity contribution in [3.8, 4) is 28.4 Å². The molecule has 2 aliphatic rings. The van der Waals surface area contributed by atoms with Crippen molar-refractivity contribution < 1.29 is 27.8 Å². The molecule has 1 aromatic heterocycles. The summed E-state index contributed by atoms with van der Waals surface area (Å²) in [6.07, 6.45) is -2.95. The monoisotopic (exact) mass is 501 g/mol. The molecule has 2 heterocycles. The van der Waals surface area contributed by atoms with E-state index in [2.05, 4.69) is 5.10 Å². The van der Waals surface area contributed by atoms with E-state index in [-0.39, 0.29) is 5.69 Å². The number of methoxy groups -OCH3 is 2. The minimum atomic E-state index is -4.70. The van der Waals surface area contributed by atoms with Gasteiger partial charge in [-0.15, -0.1) is 0 Å². The Morgan fingerprint density at radius 3 is 2.33 bits per heavy atom. The lowest BCUT2D eigenvalue weighted by Gasteiger charge is -2.22. The molecule has 0 spiro atoms. The number of halogens is 3. The predicted molar refractivity (Wildman–Crippen MR) is 128 cm³/mol. The number of aliphatic hydroxyl groups excluding tert-OH is 1. The normalized spacial score (nSPS) is 17.4. The Kier molecular flexibility index (Phi) is 6.15. The maximum Gasteiger partial charge on any atom is 0.418 e. The van der Waals surface area contributed by atoms with Gasteiger partial charge in [0.1, 0.15) is 11.5 Å². The summed E-state index contributed by atoms with van der Waals surface area (Å²) in [4.78, 5) is 15.3. The fourth-order valence-electron chi connectivity index (χ4n) is 5.02. The highest BCUT2D eigenvalue weighted by atomic mass is 19.4. The number of aliphatic hydroxyl groups is 1. The average Bonchev–Trinajstić information content (AvgIpc) is 3.53. The lowest BCUT2D eigenvalue weighted by molar-refractivity contribution is -0.137. The van der Waals surface area contributed by atoms with E-state index in [1.54, 1.807) is 23.1 Å². The molecule has 0 saturated carbocycles. The van der Waals surface area contributed by atoms with Gasteiger partial charge in [-0.1, -0.05) is 0 Å². The molecule has 2 aromatic carbocycles. The van der Waals surface area contributed by atoms with Gasteiger partial charge in [0.25, 0.3) is 5.56 Å². The van der Waals surface area contributed by atoms with E-state index >= 15 is 0 Å². The van der Waals surface area contributed by atoms with E-state index in [9.17, 15) is 23.1 Å². The summed E-state index contributed by atoms with van der Waals surface area (Å²) in [5.41, 5.74) is 0.874. The van der Waals surface area contributed by atoms with Crippen molar-refractivity contribution in [2.45, 2.75) is 38.0 Å². The summed E-state index contributed by atoms with van der Waals surface area (Å²) < 4.78 is 53.9. The Morgan fingerprint density at radius 2 is 1.72 bits per heavy atom. The molecule has 3 aromatic rings. The molecule has 0 radical (unpaired) electrons. The highest BCUT2D eigenvalue weighted by molar-refractivity contribution is 5.69. The van der Waals surface area contributed by atoms with E-state index in [1.165, 1.54) is 26.4 Å². The average molecular weight is 502 g/mol. The van der Waals surface area contributed by atoms with Crippen molar-refractivity contribution in [3.63, 3.8) is 0 Å². The molecule has 7 nitrogen and oxygen atoms in total. The Labute approximate surface area is 205 Å². The van der Waals surface area contributed by atoms with Crippen LogP contribution in [0.1, 0.15) is 29.5 Å². The SMILES string of the molecule is COc1cc(OC)cc(-c2nn(-c3cc(N4CCC(O)C4)ccc3C(F)(F)F)c(=O)c3c2CCC3)c1. The summed E-state index contributed by atoms with van der Waals surface area (Å²) in [5, 5.41) is 14.4. The Morgan fingerprint density at radius 1 is 1.03 bits per heavy atom. The smallest absolute Gasteiger partial charge is 0.418 e. The minimum Gasteiger partial charge on any atom is -0.497 e. The number of benzene rings is 2. The summed E-state index contributed by atoms with van der Waals surface area (Å²) in [6.45, 7) is 0.819. The largest absolute Gasteiger partial charge is 0.497 e. The summed E-state index contributed by atoms with van der Waals surface area (Å²) in [7, 11) is 3.02. The molecule has 10 heteroatoms. The first kappa shape index (κ1) is 24.2. The second kappa shape index (κ2) is 9.16. The molecule has 1 unspecified atom stereocenters. The standard InChI is InChI=1S/C26H26F3N3O4/c1-35-18-10-15(11-19(13-18)36-2)24-20-4-3-5-21(20)25(34)32(30-24)23-12-16(31-9-8-17(33)14-31)6-7-22(23)26(27,28)29/h6-7,10-13,17,33H,3-5,8-9,14H2,1-2H3. The van der Waals surface area contributed by atoms with Crippen molar-refractivity contribution in [3.05, 3.63) is 63.4 Å². The van der Waals surface area contributed by atoms with Crippen molar-refractivity contribution in [2.24, 2.45) is 0 Å². The van der Waals surface area contributed by atoms with Crippen molar-refractivity contribution in [1.29, 1.82) is 0 Å². The number of nitrogens with zero attached hydrogens (tertiary/aromatic N) is 3. The molecule has 1 aliphatic carbocycles. The van der Waals surface area contributed by atoms with Crippen LogP contribution >= 0.6 is 0 Å². The quantitative estimate of drug-likeness (QED) is 0.570. The van der Waals surface area contributed by atoms with Crippen LogP contribution in [0.2, 0.25) is 0 Å². The van der Waals surface area contributed by atoms with Crippen LogP contribution in [0.15, 0.2) is 41.2 Å². The van der Waals surface area contributed by atoms with Crippen molar-refractivity contribution in [1.82, 2.24) is 9.78 Å². The van der Waals surface area contributed by atoms with Gasteiger partial charge in [0.15, 0.2) is 0 Å². The molecule has 5 rings (SSSR count). The highest BCUT2D eigenvalue weighted by Gasteiger charge is 2.36. The first-order valence-electron chi connectivity index (χ1n) is 11.7. The van der Waals surface area contributed by atoms with Crippen LogP contribution in [-0.4, -0.2) is 48.3 Å². The van der Waals surface area contributed by atoms with Gasteiger partial charge in [-0.3, -0.25) is 4.79 Å². The van der Waals surface area contributed by atoms with Gasteiger partial charge in [0.05, 0.1) is 37.3 Å². The minimum absolute atomic E-state index is 0.312. The number of alkyl halides is 3. The lowest BCUT2D eigenvalue weighted by atomic mass is 10.0. The van der Waals surface area contributed by atoms with Gasteiger partial charge in [-0.25, -0.2) is 0 Å². The van der Waals surface area contributed by atoms with Crippen LogP contribution in [0.25, 0.3) is 16.9 Å². The van der Waals surface area contributed by atoms with E-state index in [1.807, 2.05) is 0 Å². The van der Waals surface area contributed by atoms with Crippen LogP contribution in [0.5, 0.6) is 11.5 Å². The molecular formula is C26H26F3N3O4. The molecule has 1 atom stereocenters. The van der Waals surface area contributed by atoms with Crippen LogP contribution in [0.4, 0.5) is 18.9 Å². The third-order valence-electron chi connectivity index (χ3n) is 6.82. The zero-order valence-electron chi connectivity index (χ0n) is 19.9. The number of hydrogen-bond acceptors (Lipinski definition) is 6. The second-order valence-electron chi connectivity index (χ2n) is 9.07. The highest BCUT2D eigenvalue weighted by Crippen LogP contribution is 2.38. The molecule has 0 amide bonds. The predicted octanol–water partition coefficient (Wildman–Crippen LogP) is 4.00. The van der Waals surface area contributed by atoms with Crippen molar-refractivity contribution in [2.75, 3.05) is 32.2 Å². The van der Waals surface area contributed by atoms with Crippen LogP contribution in [0.3, 0.4) is 0 Å². The number of fused-ring (bicyclic) bond motifs is 1. The molecule has 1 saturated heterocycles.